The summed E-state index contributed by atoms with van der Waals surface area (Å²) in [6, 6.07) is 6.96. The number of nitriles is 1. The molecule has 0 unspecified atom stereocenters. The summed E-state index contributed by atoms with van der Waals surface area (Å²) in [6.45, 7) is 3.52. The second-order valence-corrected chi connectivity index (χ2v) is 4.96. The van der Waals surface area contributed by atoms with Gasteiger partial charge in [0, 0.05) is 18.0 Å². The zero-order valence-electron chi connectivity index (χ0n) is 12.6. The SMILES string of the molecule is CC=Nc1c(C)cc(-c2ccn3nc(N)nc(C#N)c23)cc1F. The maximum absolute atomic E-state index is 14.3. The van der Waals surface area contributed by atoms with E-state index in [0.717, 1.165) is 0 Å². The number of anilines is 1. The van der Waals surface area contributed by atoms with Gasteiger partial charge in [0.2, 0.25) is 5.95 Å². The average molecular weight is 308 g/mol. The van der Waals surface area contributed by atoms with Crippen molar-refractivity contribution in [2.45, 2.75) is 13.8 Å². The molecule has 0 aliphatic heterocycles. The van der Waals surface area contributed by atoms with Crippen molar-refractivity contribution in [3.63, 3.8) is 0 Å². The molecular weight excluding hydrogens is 295 g/mol. The van der Waals surface area contributed by atoms with Crippen LogP contribution in [0, 0.1) is 24.1 Å². The van der Waals surface area contributed by atoms with E-state index in [2.05, 4.69) is 15.1 Å². The van der Waals surface area contributed by atoms with Crippen molar-refractivity contribution in [2.24, 2.45) is 4.99 Å². The van der Waals surface area contributed by atoms with Gasteiger partial charge in [0.25, 0.3) is 0 Å². The van der Waals surface area contributed by atoms with Gasteiger partial charge >= 0.3 is 0 Å². The Labute approximate surface area is 131 Å². The topological polar surface area (TPSA) is 92.4 Å². The second kappa shape index (κ2) is 5.50. The number of rotatable bonds is 2. The molecule has 114 valence electrons. The standard InChI is InChI=1S/C16H13FN6/c1-3-20-14-9(2)6-10(7-12(14)17)11-4-5-23-15(11)13(8-18)21-16(19)22-23/h3-7H,1-2H3,(H2,19,22). The largest absolute Gasteiger partial charge is 0.367 e. The van der Waals surface area contributed by atoms with Crippen LogP contribution < -0.4 is 5.73 Å². The van der Waals surface area contributed by atoms with Crippen LogP contribution in [0.4, 0.5) is 16.0 Å². The predicted octanol–water partition coefficient (Wildman–Crippen LogP) is 3.02. The summed E-state index contributed by atoms with van der Waals surface area (Å²) < 4.78 is 15.8. The first-order valence-corrected chi connectivity index (χ1v) is 6.89. The lowest BCUT2D eigenvalue weighted by Crippen LogP contribution is -2.03. The highest BCUT2D eigenvalue weighted by atomic mass is 19.1. The summed E-state index contributed by atoms with van der Waals surface area (Å²) >= 11 is 0. The van der Waals surface area contributed by atoms with Gasteiger partial charge < -0.3 is 5.73 Å². The van der Waals surface area contributed by atoms with Gasteiger partial charge in [0.1, 0.15) is 23.1 Å². The Kier molecular flexibility index (Phi) is 3.50. The van der Waals surface area contributed by atoms with Gasteiger partial charge in [-0.15, -0.1) is 5.10 Å². The van der Waals surface area contributed by atoms with Crippen LogP contribution in [-0.4, -0.2) is 20.8 Å². The van der Waals surface area contributed by atoms with Crippen molar-refractivity contribution < 1.29 is 4.39 Å². The smallest absolute Gasteiger partial charge is 0.239 e. The van der Waals surface area contributed by atoms with Crippen molar-refractivity contribution >= 4 is 23.4 Å². The molecule has 0 aliphatic rings. The van der Waals surface area contributed by atoms with E-state index in [1.54, 1.807) is 32.3 Å². The number of hydrogen-bond donors (Lipinski definition) is 1. The van der Waals surface area contributed by atoms with E-state index in [-0.39, 0.29) is 11.6 Å². The average Bonchev–Trinajstić information content (AvgIpc) is 2.93. The highest BCUT2D eigenvalue weighted by molar-refractivity contribution is 5.85. The fourth-order valence-corrected chi connectivity index (χ4v) is 2.54. The van der Waals surface area contributed by atoms with E-state index in [1.807, 2.05) is 12.1 Å². The van der Waals surface area contributed by atoms with Gasteiger partial charge in [-0.3, -0.25) is 4.99 Å². The van der Waals surface area contributed by atoms with E-state index >= 15 is 0 Å². The zero-order chi connectivity index (χ0) is 16.6. The fourth-order valence-electron chi connectivity index (χ4n) is 2.54. The zero-order valence-corrected chi connectivity index (χ0v) is 12.6. The highest BCUT2D eigenvalue weighted by Gasteiger charge is 2.15. The Morgan fingerprint density at radius 2 is 2.22 bits per heavy atom. The van der Waals surface area contributed by atoms with Crippen LogP contribution in [0.25, 0.3) is 16.6 Å². The molecule has 0 spiro atoms. The van der Waals surface area contributed by atoms with E-state index in [1.165, 1.54) is 10.6 Å². The minimum atomic E-state index is -0.424. The van der Waals surface area contributed by atoms with Gasteiger partial charge in [-0.05, 0) is 43.2 Å². The lowest BCUT2D eigenvalue weighted by Gasteiger charge is -2.07. The van der Waals surface area contributed by atoms with E-state index in [4.69, 9.17) is 5.73 Å². The Morgan fingerprint density at radius 3 is 2.87 bits per heavy atom. The molecule has 2 aromatic heterocycles. The van der Waals surface area contributed by atoms with Crippen molar-refractivity contribution in [2.75, 3.05) is 5.73 Å². The third-order valence-corrected chi connectivity index (χ3v) is 3.46. The number of benzene rings is 1. The minimum absolute atomic E-state index is 0.00573. The van der Waals surface area contributed by atoms with Crippen molar-refractivity contribution in [3.05, 3.63) is 41.5 Å². The van der Waals surface area contributed by atoms with Gasteiger partial charge in [-0.2, -0.15) is 10.2 Å². The lowest BCUT2D eigenvalue weighted by atomic mass is 10.0. The summed E-state index contributed by atoms with van der Waals surface area (Å²) in [4.78, 5) is 7.97. The van der Waals surface area contributed by atoms with Crippen LogP contribution in [0.15, 0.2) is 29.4 Å². The van der Waals surface area contributed by atoms with Crippen molar-refractivity contribution in [3.8, 4) is 17.2 Å². The molecule has 0 fully saturated rings. The van der Waals surface area contributed by atoms with Gasteiger partial charge in [0.15, 0.2) is 5.69 Å². The van der Waals surface area contributed by atoms with Gasteiger partial charge in [-0.25, -0.2) is 8.91 Å². The molecule has 2 heterocycles. The Hall–Kier alpha value is -3.27. The first-order chi connectivity index (χ1) is 11.0. The van der Waals surface area contributed by atoms with Crippen LogP contribution in [0.1, 0.15) is 18.2 Å². The number of aromatic nitrogens is 3. The van der Waals surface area contributed by atoms with Crippen molar-refractivity contribution in [1.29, 1.82) is 5.26 Å². The van der Waals surface area contributed by atoms with E-state index < -0.39 is 5.82 Å². The molecule has 3 rings (SSSR count). The number of nitrogen functional groups attached to an aromatic ring is 1. The maximum Gasteiger partial charge on any atom is 0.239 e. The molecule has 0 amide bonds. The summed E-state index contributed by atoms with van der Waals surface area (Å²) in [6.07, 6.45) is 3.21. The molecule has 23 heavy (non-hydrogen) atoms. The monoisotopic (exact) mass is 308 g/mol. The molecular formula is C16H13FN6. The Morgan fingerprint density at radius 1 is 1.43 bits per heavy atom. The predicted molar refractivity (Wildman–Crippen MR) is 86.1 cm³/mol. The molecule has 0 saturated carbocycles. The molecule has 1 aromatic carbocycles. The number of aliphatic imine (C=N–C) groups is 1. The van der Waals surface area contributed by atoms with E-state index in [9.17, 15) is 9.65 Å². The molecule has 0 radical (unpaired) electrons. The van der Waals surface area contributed by atoms with Crippen LogP contribution in [0.2, 0.25) is 0 Å². The lowest BCUT2D eigenvalue weighted by molar-refractivity contribution is 0.629. The normalized spacial score (nSPS) is 11.2. The maximum atomic E-state index is 14.3. The summed E-state index contributed by atoms with van der Waals surface area (Å²) in [5, 5.41) is 13.3. The molecule has 0 atom stereocenters. The quantitative estimate of drug-likeness (QED) is 0.736. The first-order valence-electron chi connectivity index (χ1n) is 6.89. The number of hydrogen-bond acceptors (Lipinski definition) is 5. The highest BCUT2D eigenvalue weighted by Crippen LogP contribution is 2.33. The summed E-state index contributed by atoms with van der Waals surface area (Å²) in [5.74, 6) is -0.418. The van der Waals surface area contributed by atoms with Crippen LogP contribution in [0.3, 0.4) is 0 Å². The number of fused-ring (bicyclic) bond motifs is 1. The molecule has 2 N–H and O–H groups in total. The molecule has 0 bridgehead atoms. The van der Waals surface area contributed by atoms with Gasteiger partial charge in [-0.1, -0.05) is 0 Å². The fraction of sp³-hybridized carbons (Fsp3) is 0.125. The summed E-state index contributed by atoms with van der Waals surface area (Å²) in [7, 11) is 0. The molecule has 6 nitrogen and oxygen atoms in total. The van der Waals surface area contributed by atoms with Crippen molar-refractivity contribution in [1.82, 2.24) is 14.6 Å². The number of nitrogens with zero attached hydrogens (tertiary/aromatic N) is 5. The number of halogens is 1. The Balaban J connectivity index is 2.28. The molecule has 7 heteroatoms. The summed E-state index contributed by atoms with van der Waals surface area (Å²) in [5.41, 5.74) is 8.51. The second-order valence-electron chi connectivity index (χ2n) is 4.96. The Bertz CT molecular complexity index is 957. The molecule has 0 saturated heterocycles. The molecule has 3 aromatic rings. The van der Waals surface area contributed by atoms with Crippen LogP contribution in [-0.2, 0) is 0 Å². The number of nitrogens with two attached hydrogens (primary N) is 1. The first kappa shape index (κ1) is 14.7. The minimum Gasteiger partial charge on any atom is -0.367 e. The van der Waals surface area contributed by atoms with E-state index in [0.29, 0.717) is 27.9 Å². The third kappa shape index (κ3) is 2.40. The number of aryl methyl sites for hydroxylation is 1. The van der Waals surface area contributed by atoms with Crippen LogP contribution in [0.5, 0.6) is 0 Å². The van der Waals surface area contributed by atoms with Gasteiger partial charge in [0.05, 0.1) is 0 Å². The molecule has 0 aliphatic carbocycles. The third-order valence-electron chi connectivity index (χ3n) is 3.46. The van der Waals surface area contributed by atoms with Crippen LogP contribution >= 0.6 is 0 Å².